The molecular formula is C32H36F2N6O5S. The van der Waals surface area contributed by atoms with E-state index in [9.17, 15) is 23.2 Å². The van der Waals surface area contributed by atoms with Gasteiger partial charge in [0, 0.05) is 31.5 Å². The molecule has 0 radical (unpaired) electrons. The molecular weight excluding hydrogens is 618 g/mol. The predicted molar refractivity (Wildman–Crippen MR) is 173 cm³/mol. The summed E-state index contributed by atoms with van der Waals surface area (Å²) in [5.41, 5.74) is 1.94. The molecule has 1 fully saturated rings. The number of hydrogen-bond donors (Lipinski definition) is 2. The van der Waals surface area contributed by atoms with E-state index in [1.807, 2.05) is 6.92 Å². The van der Waals surface area contributed by atoms with Crippen LogP contribution in [0.15, 0.2) is 54.6 Å². The van der Waals surface area contributed by atoms with Gasteiger partial charge < -0.3 is 14.4 Å². The number of ether oxygens (including phenoxy) is 2. The zero-order valence-corrected chi connectivity index (χ0v) is 27.0. The standard InChI is InChI=1S/C32H36F2N6O5S/c1-19(39-13-15-44-16-14-39)29(42)38(5)21-9-10-24-23(18-21)36-30(37-28(41)26-12-11-25(46-26)27(33)34)40(24)22-8-6-7-20(17-22)35-31(43)45-32(2,3)4/h6-12,17-19,27H,13-16H2,1-5H3,(H,35,43)(H,36,37,41)/t19-/m0/s1. The largest absolute Gasteiger partial charge is 0.444 e. The Bertz CT molecular complexity index is 1740. The molecule has 11 nitrogen and oxygen atoms in total. The van der Waals surface area contributed by atoms with Gasteiger partial charge in [0.2, 0.25) is 11.9 Å². The van der Waals surface area contributed by atoms with Crippen molar-refractivity contribution in [2.24, 2.45) is 0 Å². The highest BCUT2D eigenvalue weighted by atomic mass is 32.1. The van der Waals surface area contributed by atoms with E-state index < -0.39 is 24.0 Å². The van der Waals surface area contributed by atoms with Crippen molar-refractivity contribution in [1.29, 1.82) is 0 Å². The third-order valence-corrected chi connectivity index (χ3v) is 8.44. The highest BCUT2D eigenvalue weighted by Gasteiger charge is 2.27. The lowest BCUT2D eigenvalue weighted by molar-refractivity contribution is -0.124. The zero-order chi connectivity index (χ0) is 33.2. The summed E-state index contributed by atoms with van der Waals surface area (Å²) in [6.07, 6.45) is -3.33. The van der Waals surface area contributed by atoms with E-state index in [0.29, 0.717) is 65.7 Å². The average Bonchev–Trinajstić information content (AvgIpc) is 3.65. The number of halogens is 2. The molecule has 14 heteroatoms. The first-order chi connectivity index (χ1) is 21.8. The van der Waals surface area contributed by atoms with E-state index >= 15 is 0 Å². The summed E-state index contributed by atoms with van der Waals surface area (Å²) in [6.45, 7) is 9.62. The van der Waals surface area contributed by atoms with Crippen LogP contribution in [0.2, 0.25) is 0 Å². The van der Waals surface area contributed by atoms with Gasteiger partial charge in [-0.15, -0.1) is 11.3 Å². The van der Waals surface area contributed by atoms with Crippen LogP contribution in [-0.2, 0) is 14.3 Å². The van der Waals surface area contributed by atoms with Gasteiger partial charge in [-0.3, -0.25) is 29.7 Å². The maximum atomic E-state index is 13.4. The minimum atomic E-state index is -2.69. The van der Waals surface area contributed by atoms with E-state index in [0.717, 1.165) is 0 Å². The highest BCUT2D eigenvalue weighted by molar-refractivity contribution is 7.14. The van der Waals surface area contributed by atoms with Crippen LogP contribution < -0.4 is 15.5 Å². The molecule has 2 aromatic carbocycles. The van der Waals surface area contributed by atoms with Gasteiger partial charge >= 0.3 is 6.09 Å². The molecule has 0 spiro atoms. The van der Waals surface area contributed by atoms with Crippen molar-refractivity contribution in [1.82, 2.24) is 14.5 Å². The number of rotatable bonds is 8. The van der Waals surface area contributed by atoms with Crippen molar-refractivity contribution in [3.05, 3.63) is 64.4 Å². The normalized spacial score (nSPS) is 14.7. The minimum absolute atomic E-state index is 0.0948. The number of nitrogens with one attached hydrogen (secondary N) is 2. The second kappa shape index (κ2) is 13.5. The first-order valence-corrected chi connectivity index (χ1v) is 15.5. The Morgan fingerprint density at radius 2 is 1.78 bits per heavy atom. The first-order valence-electron chi connectivity index (χ1n) is 14.7. The number of nitrogens with zero attached hydrogens (tertiary/aromatic N) is 4. The number of benzene rings is 2. The number of carbonyl (C=O) groups excluding carboxylic acids is 3. The molecule has 1 aliphatic rings. The number of imidazole rings is 1. The van der Waals surface area contributed by atoms with Gasteiger partial charge in [-0.1, -0.05) is 6.07 Å². The van der Waals surface area contributed by atoms with Crippen molar-refractivity contribution in [2.45, 2.75) is 45.8 Å². The fourth-order valence-corrected chi connectivity index (χ4v) is 5.81. The second-order valence-electron chi connectivity index (χ2n) is 11.8. The number of likely N-dealkylation sites (N-methyl/N-ethyl adjacent to an activating group) is 1. The van der Waals surface area contributed by atoms with Crippen LogP contribution in [-0.4, -0.2) is 77.4 Å². The smallest absolute Gasteiger partial charge is 0.412 e. The van der Waals surface area contributed by atoms with Crippen molar-refractivity contribution in [2.75, 3.05) is 48.9 Å². The summed E-state index contributed by atoms with van der Waals surface area (Å²) < 4.78 is 38.9. The van der Waals surface area contributed by atoms with Crippen molar-refractivity contribution < 1.29 is 32.6 Å². The van der Waals surface area contributed by atoms with E-state index in [1.54, 1.807) is 79.8 Å². The fourth-order valence-electron chi connectivity index (χ4n) is 5.05. The molecule has 0 bridgehead atoms. The van der Waals surface area contributed by atoms with Gasteiger partial charge in [0.25, 0.3) is 12.3 Å². The molecule has 3 amide bonds. The maximum Gasteiger partial charge on any atom is 0.412 e. The molecule has 244 valence electrons. The van der Waals surface area contributed by atoms with Crippen LogP contribution >= 0.6 is 11.3 Å². The van der Waals surface area contributed by atoms with E-state index in [2.05, 4.69) is 20.5 Å². The van der Waals surface area contributed by atoms with E-state index in [1.165, 1.54) is 12.1 Å². The topological polar surface area (TPSA) is 118 Å². The van der Waals surface area contributed by atoms with Crippen molar-refractivity contribution in [3.8, 4) is 5.69 Å². The van der Waals surface area contributed by atoms with Gasteiger partial charge in [0.05, 0.1) is 45.7 Å². The van der Waals surface area contributed by atoms with E-state index in [4.69, 9.17) is 9.47 Å². The van der Waals surface area contributed by atoms with Crippen LogP contribution in [0.4, 0.5) is 30.9 Å². The van der Waals surface area contributed by atoms with Gasteiger partial charge in [-0.2, -0.15) is 0 Å². The number of anilines is 3. The summed E-state index contributed by atoms with van der Waals surface area (Å²) in [7, 11) is 1.70. The number of fused-ring (bicyclic) bond motifs is 1. The lowest BCUT2D eigenvalue weighted by atomic mass is 10.2. The van der Waals surface area contributed by atoms with Crippen LogP contribution in [0.5, 0.6) is 0 Å². The number of morpholine rings is 1. The Balaban J connectivity index is 1.50. The summed E-state index contributed by atoms with van der Waals surface area (Å²) in [5.74, 6) is -0.583. The molecule has 2 aromatic heterocycles. The first kappa shape index (κ1) is 33.0. The molecule has 2 N–H and O–H groups in total. The SMILES string of the molecule is C[C@@H](C(=O)N(C)c1ccc2c(c1)nc(NC(=O)c1ccc(C(F)F)s1)n2-c1cccc(NC(=O)OC(C)(C)C)c1)N1CCOCC1. The molecule has 0 aliphatic carbocycles. The zero-order valence-electron chi connectivity index (χ0n) is 26.2. The van der Waals surface area contributed by atoms with Gasteiger partial charge in [-0.05, 0) is 76.2 Å². The quantitative estimate of drug-likeness (QED) is 0.229. The molecule has 46 heavy (non-hydrogen) atoms. The summed E-state index contributed by atoms with van der Waals surface area (Å²) in [5, 5.41) is 5.47. The lowest BCUT2D eigenvalue weighted by Gasteiger charge is -2.33. The average molecular weight is 655 g/mol. The maximum absolute atomic E-state index is 13.4. The van der Waals surface area contributed by atoms with Crippen molar-refractivity contribution >= 4 is 57.6 Å². The molecule has 1 aliphatic heterocycles. The molecule has 4 aromatic rings. The third kappa shape index (κ3) is 7.52. The monoisotopic (exact) mass is 654 g/mol. The van der Waals surface area contributed by atoms with Crippen LogP contribution in [0.25, 0.3) is 16.7 Å². The van der Waals surface area contributed by atoms with Crippen molar-refractivity contribution in [3.63, 3.8) is 0 Å². The molecule has 0 saturated carbocycles. The summed E-state index contributed by atoms with van der Waals surface area (Å²) in [4.78, 5) is 47.3. The fraction of sp³-hybridized carbons (Fsp3) is 0.375. The molecule has 5 rings (SSSR count). The third-order valence-electron chi connectivity index (χ3n) is 7.35. The minimum Gasteiger partial charge on any atom is -0.444 e. The highest BCUT2D eigenvalue weighted by Crippen LogP contribution is 2.31. The Kier molecular flexibility index (Phi) is 9.70. The van der Waals surface area contributed by atoms with Gasteiger partial charge in [-0.25, -0.2) is 18.6 Å². The van der Waals surface area contributed by atoms with Crippen LogP contribution in [0.1, 0.15) is 48.7 Å². The van der Waals surface area contributed by atoms with E-state index in [-0.39, 0.29) is 27.7 Å². The van der Waals surface area contributed by atoms with Crippen LogP contribution in [0.3, 0.4) is 0 Å². The summed E-state index contributed by atoms with van der Waals surface area (Å²) >= 11 is 0.698. The molecule has 3 heterocycles. The Hall–Kier alpha value is -4.40. The number of aromatic nitrogens is 2. The Labute approximate surface area is 269 Å². The second-order valence-corrected chi connectivity index (χ2v) is 12.9. The van der Waals surface area contributed by atoms with Crippen LogP contribution in [0, 0.1) is 0 Å². The van der Waals surface area contributed by atoms with Gasteiger partial charge in [0.15, 0.2) is 0 Å². The summed E-state index contributed by atoms with van der Waals surface area (Å²) in [6, 6.07) is 14.4. The number of carbonyl (C=O) groups is 3. The Morgan fingerprint density at radius 3 is 2.46 bits per heavy atom. The number of hydrogen-bond acceptors (Lipinski definition) is 8. The number of thiophene rings is 1. The molecule has 1 saturated heterocycles. The number of alkyl halides is 2. The Morgan fingerprint density at radius 1 is 1.04 bits per heavy atom. The molecule has 1 atom stereocenters. The molecule has 0 unspecified atom stereocenters. The lowest BCUT2D eigenvalue weighted by Crippen LogP contribution is -2.50. The predicted octanol–water partition coefficient (Wildman–Crippen LogP) is 6.31. The van der Waals surface area contributed by atoms with Gasteiger partial charge in [0.1, 0.15) is 5.60 Å². The number of amides is 3.